The number of Topliss-reactive ketones (excluding diaryl/α,β-unsaturated/α-hetero) is 2. The third-order valence-electron chi connectivity index (χ3n) is 3.17. The van der Waals surface area contributed by atoms with Gasteiger partial charge in [-0.1, -0.05) is 37.3 Å². The van der Waals surface area contributed by atoms with E-state index < -0.39 is 0 Å². The van der Waals surface area contributed by atoms with Crippen LogP contribution in [-0.4, -0.2) is 11.6 Å². The van der Waals surface area contributed by atoms with Crippen LogP contribution in [0.1, 0.15) is 36.5 Å². The molecular weight excluding hydrogens is 200 g/mol. The van der Waals surface area contributed by atoms with E-state index in [1.54, 1.807) is 0 Å². The highest BCUT2D eigenvalue weighted by atomic mass is 16.1. The van der Waals surface area contributed by atoms with Crippen molar-refractivity contribution >= 4 is 11.6 Å². The second-order valence-corrected chi connectivity index (χ2v) is 4.71. The predicted molar refractivity (Wildman–Crippen MR) is 62.3 cm³/mol. The lowest BCUT2D eigenvalue weighted by atomic mass is 9.78. The van der Waals surface area contributed by atoms with Crippen molar-refractivity contribution < 1.29 is 9.59 Å². The van der Waals surface area contributed by atoms with Crippen LogP contribution in [0.15, 0.2) is 30.3 Å². The minimum Gasteiger partial charge on any atom is -0.300 e. The van der Waals surface area contributed by atoms with Crippen molar-refractivity contribution in [2.24, 2.45) is 11.8 Å². The van der Waals surface area contributed by atoms with Crippen LogP contribution in [0.5, 0.6) is 0 Å². The van der Waals surface area contributed by atoms with E-state index >= 15 is 0 Å². The molecule has 0 aliphatic heterocycles. The third kappa shape index (κ3) is 2.38. The van der Waals surface area contributed by atoms with Crippen molar-refractivity contribution in [1.29, 1.82) is 0 Å². The maximum absolute atomic E-state index is 12.1. The molecule has 2 unspecified atom stereocenters. The van der Waals surface area contributed by atoms with Crippen molar-refractivity contribution in [3.8, 4) is 0 Å². The molecule has 0 bridgehead atoms. The summed E-state index contributed by atoms with van der Waals surface area (Å²) in [5.74, 6) is 0.603. The van der Waals surface area contributed by atoms with Gasteiger partial charge in [-0.15, -0.1) is 0 Å². The molecule has 0 N–H and O–H groups in total. The highest BCUT2D eigenvalue weighted by Crippen LogP contribution is 2.28. The van der Waals surface area contributed by atoms with E-state index in [1.807, 2.05) is 37.3 Å². The molecule has 2 atom stereocenters. The molecule has 1 aromatic rings. The fourth-order valence-electron chi connectivity index (χ4n) is 2.44. The molecule has 16 heavy (non-hydrogen) atoms. The summed E-state index contributed by atoms with van der Waals surface area (Å²) in [6.07, 6.45) is 1.91. The molecule has 84 valence electrons. The van der Waals surface area contributed by atoms with Gasteiger partial charge in [0.1, 0.15) is 5.78 Å². The fourth-order valence-corrected chi connectivity index (χ4v) is 2.44. The van der Waals surface area contributed by atoms with E-state index in [1.165, 1.54) is 0 Å². The van der Waals surface area contributed by atoms with Gasteiger partial charge in [0.2, 0.25) is 0 Å². The van der Waals surface area contributed by atoms with Crippen molar-refractivity contribution in [2.45, 2.75) is 26.2 Å². The number of carbonyl (C=O) groups is 2. The monoisotopic (exact) mass is 216 g/mol. The van der Waals surface area contributed by atoms with Crippen molar-refractivity contribution in [3.05, 3.63) is 35.9 Å². The normalized spacial score (nSPS) is 25.4. The Hall–Kier alpha value is -1.44. The van der Waals surface area contributed by atoms with Crippen LogP contribution in [-0.2, 0) is 4.79 Å². The predicted octanol–water partition coefficient (Wildman–Crippen LogP) is 2.87. The molecule has 1 fully saturated rings. The molecule has 2 nitrogen and oxygen atoms in total. The molecule has 2 rings (SSSR count). The molecular formula is C14H16O2. The van der Waals surface area contributed by atoms with Gasteiger partial charge in [-0.05, 0) is 12.3 Å². The minimum absolute atomic E-state index is 0.0985. The van der Waals surface area contributed by atoms with Gasteiger partial charge in [0.15, 0.2) is 5.78 Å². The molecule has 1 aliphatic carbocycles. The van der Waals surface area contributed by atoms with E-state index in [2.05, 4.69) is 0 Å². The smallest absolute Gasteiger partial charge is 0.166 e. The summed E-state index contributed by atoms with van der Waals surface area (Å²) < 4.78 is 0. The lowest BCUT2D eigenvalue weighted by Crippen LogP contribution is -2.27. The second-order valence-electron chi connectivity index (χ2n) is 4.71. The molecule has 0 spiro atoms. The molecule has 1 aliphatic rings. The quantitative estimate of drug-likeness (QED) is 0.712. The van der Waals surface area contributed by atoms with Crippen molar-refractivity contribution in [3.63, 3.8) is 0 Å². The first kappa shape index (κ1) is 11.1. The topological polar surface area (TPSA) is 34.1 Å². The molecule has 0 saturated heterocycles. The molecule has 1 aromatic carbocycles. The maximum atomic E-state index is 12.1. The Morgan fingerprint density at radius 2 is 1.88 bits per heavy atom. The van der Waals surface area contributed by atoms with Crippen LogP contribution in [0.2, 0.25) is 0 Å². The summed E-state index contributed by atoms with van der Waals surface area (Å²) in [6, 6.07) is 9.27. The largest absolute Gasteiger partial charge is 0.300 e. The average Bonchev–Trinajstić information content (AvgIpc) is 2.28. The van der Waals surface area contributed by atoms with Crippen molar-refractivity contribution in [1.82, 2.24) is 0 Å². The first-order valence-electron chi connectivity index (χ1n) is 5.78. The zero-order valence-electron chi connectivity index (χ0n) is 9.48. The molecule has 0 heterocycles. The number of rotatable bonds is 2. The Balaban J connectivity index is 2.13. The Bertz CT molecular complexity index is 394. The van der Waals surface area contributed by atoms with Gasteiger partial charge in [-0.2, -0.15) is 0 Å². The Labute approximate surface area is 95.7 Å². The Morgan fingerprint density at radius 3 is 2.50 bits per heavy atom. The van der Waals surface area contributed by atoms with Gasteiger partial charge in [0, 0.05) is 24.3 Å². The standard InChI is InChI=1S/C14H16O2/c1-10-7-12(9-13(15)8-10)14(16)11-5-3-2-4-6-11/h2-6,10,12H,7-9H2,1H3. The maximum Gasteiger partial charge on any atom is 0.166 e. The zero-order chi connectivity index (χ0) is 11.5. The van der Waals surface area contributed by atoms with Crippen LogP contribution in [0.3, 0.4) is 0 Å². The van der Waals surface area contributed by atoms with Crippen LogP contribution in [0.4, 0.5) is 0 Å². The number of benzene rings is 1. The van der Waals surface area contributed by atoms with Crippen LogP contribution in [0.25, 0.3) is 0 Å². The van der Waals surface area contributed by atoms with Crippen molar-refractivity contribution in [2.75, 3.05) is 0 Å². The summed E-state index contributed by atoms with van der Waals surface area (Å²) in [6.45, 7) is 2.04. The van der Waals surface area contributed by atoms with Gasteiger partial charge in [0.05, 0.1) is 0 Å². The SMILES string of the molecule is CC1CC(=O)CC(C(=O)c2ccccc2)C1. The number of ketones is 2. The summed E-state index contributed by atoms with van der Waals surface area (Å²) in [5, 5.41) is 0. The van der Waals surface area contributed by atoms with Gasteiger partial charge < -0.3 is 0 Å². The first-order chi connectivity index (χ1) is 7.66. The van der Waals surface area contributed by atoms with E-state index in [4.69, 9.17) is 0 Å². The van der Waals surface area contributed by atoms with E-state index in [0.29, 0.717) is 18.8 Å². The lowest BCUT2D eigenvalue weighted by Gasteiger charge is -2.24. The average molecular weight is 216 g/mol. The van der Waals surface area contributed by atoms with Gasteiger partial charge in [-0.3, -0.25) is 9.59 Å². The molecule has 2 heteroatoms. The Kier molecular flexibility index (Phi) is 3.18. The first-order valence-corrected chi connectivity index (χ1v) is 5.78. The zero-order valence-corrected chi connectivity index (χ0v) is 9.48. The lowest BCUT2D eigenvalue weighted by molar-refractivity contribution is -0.122. The summed E-state index contributed by atoms with van der Waals surface area (Å²) in [7, 11) is 0. The van der Waals surface area contributed by atoms with E-state index in [-0.39, 0.29) is 17.5 Å². The van der Waals surface area contributed by atoms with E-state index in [0.717, 1.165) is 12.0 Å². The van der Waals surface area contributed by atoms with Gasteiger partial charge in [0.25, 0.3) is 0 Å². The summed E-state index contributed by atoms with van der Waals surface area (Å²) in [4.78, 5) is 23.6. The molecule has 0 radical (unpaired) electrons. The van der Waals surface area contributed by atoms with Crippen LogP contribution >= 0.6 is 0 Å². The van der Waals surface area contributed by atoms with Gasteiger partial charge in [-0.25, -0.2) is 0 Å². The Morgan fingerprint density at radius 1 is 1.19 bits per heavy atom. The highest BCUT2D eigenvalue weighted by molar-refractivity contribution is 6.00. The fraction of sp³-hybridized carbons (Fsp3) is 0.429. The van der Waals surface area contributed by atoms with Gasteiger partial charge >= 0.3 is 0 Å². The molecule has 1 saturated carbocycles. The summed E-state index contributed by atoms with van der Waals surface area (Å²) >= 11 is 0. The number of hydrogen-bond donors (Lipinski definition) is 0. The third-order valence-corrected chi connectivity index (χ3v) is 3.17. The van der Waals surface area contributed by atoms with Crippen LogP contribution < -0.4 is 0 Å². The van der Waals surface area contributed by atoms with E-state index in [9.17, 15) is 9.59 Å². The number of carbonyl (C=O) groups excluding carboxylic acids is 2. The number of hydrogen-bond acceptors (Lipinski definition) is 2. The molecule has 0 amide bonds. The minimum atomic E-state index is -0.0985. The summed E-state index contributed by atoms with van der Waals surface area (Å²) in [5.41, 5.74) is 0.731. The van der Waals surface area contributed by atoms with Crippen LogP contribution in [0, 0.1) is 11.8 Å². The molecule has 0 aromatic heterocycles. The second kappa shape index (κ2) is 4.60. The highest BCUT2D eigenvalue weighted by Gasteiger charge is 2.29.